The SMILES string of the molecule is CCOc1ccc(/C(O)=C2/C(=O)C(=O)N(CCc3cn(C)c4ccccc34)C2c2cccs2)cc1C. The largest absolute Gasteiger partial charge is 0.507 e. The Bertz CT molecular complexity index is 1480. The number of ether oxygens (including phenoxy) is 1. The Morgan fingerprint density at radius 1 is 1.11 bits per heavy atom. The normalized spacial score (nSPS) is 17.3. The highest BCUT2D eigenvalue weighted by atomic mass is 32.1. The van der Waals surface area contributed by atoms with Crippen molar-refractivity contribution < 1.29 is 19.4 Å². The third kappa shape index (κ3) is 4.09. The molecule has 0 bridgehead atoms. The lowest BCUT2D eigenvalue weighted by Crippen LogP contribution is -2.31. The number of aryl methyl sites for hydroxylation is 2. The first-order valence-electron chi connectivity index (χ1n) is 12.0. The number of carbonyl (C=O) groups is 2. The second-order valence-corrected chi connectivity index (χ2v) is 9.93. The van der Waals surface area contributed by atoms with Crippen molar-refractivity contribution in [2.45, 2.75) is 26.3 Å². The van der Waals surface area contributed by atoms with Gasteiger partial charge in [0.25, 0.3) is 11.7 Å². The van der Waals surface area contributed by atoms with Gasteiger partial charge in [0.1, 0.15) is 11.5 Å². The van der Waals surface area contributed by atoms with Gasteiger partial charge in [-0.25, -0.2) is 0 Å². The fraction of sp³-hybridized carbons (Fsp3) is 0.241. The summed E-state index contributed by atoms with van der Waals surface area (Å²) < 4.78 is 7.68. The van der Waals surface area contributed by atoms with Gasteiger partial charge < -0.3 is 19.3 Å². The zero-order valence-corrected chi connectivity index (χ0v) is 21.3. The summed E-state index contributed by atoms with van der Waals surface area (Å²) in [6.45, 7) is 4.70. The summed E-state index contributed by atoms with van der Waals surface area (Å²) in [6.07, 6.45) is 2.67. The summed E-state index contributed by atoms with van der Waals surface area (Å²) in [4.78, 5) is 29.0. The molecule has 36 heavy (non-hydrogen) atoms. The number of nitrogens with zero attached hydrogens (tertiary/aromatic N) is 2. The van der Waals surface area contributed by atoms with E-state index in [9.17, 15) is 14.7 Å². The van der Waals surface area contributed by atoms with Gasteiger partial charge in [0, 0.05) is 41.1 Å². The van der Waals surface area contributed by atoms with Crippen LogP contribution in [0.25, 0.3) is 16.7 Å². The van der Waals surface area contributed by atoms with Crippen LogP contribution in [0.5, 0.6) is 5.75 Å². The summed E-state index contributed by atoms with van der Waals surface area (Å²) in [7, 11) is 2.00. The van der Waals surface area contributed by atoms with Crippen molar-refractivity contribution >= 4 is 39.7 Å². The lowest BCUT2D eigenvalue weighted by atomic mass is 9.98. The molecule has 1 unspecified atom stereocenters. The number of thiophene rings is 1. The van der Waals surface area contributed by atoms with E-state index in [1.165, 1.54) is 11.3 Å². The number of aliphatic hydroxyl groups excluding tert-OH is 1. The number of likely N-dealkylation sites (tertiary alicyclic amines) is 1. The van der Waals surface area contributed by atoms with Crippen LogP contribution in [0.4, 0.5) is 0 Å². The minimum absolute atomic E-state index is 0.129. The molecule has 2 aromatic heterocycles. The Hall–Kier alpha value is -3.84. The van der Waals surface area contributed by atoms with Crippen LogP contribution in [0, 0.1) is 6.92 Å². The van der Waals surface area contributed by atoms with E-state index < -0.39 is 17.7 Å². The van der Waals surface area contributed by atoms with Crippen LogP contribution >= 0.6 is 11.3 Å². The molecule has 2 aromatic carbocycles. The molecule has 1 amide bonds. The monoisotopic (exact) mass is 500 g/mol. The Balaban J connectivity index is 1.53. The number of ketones is 1. The third-order valence-electron chi connectivity index (χ3n) is 6.70. The Morgan fingerprint density at radius 3 is 2.64 bits per heavy atom. The zero-order valence-electron chi connectivity index (χ0n) is 20.5. The fourth-order valence-electron chi connectivity index (χ4n) is 4.99. The molecule has 1 N–H and O–H groups in total. The molecule has 6 nitrogen and oxygen atoms in total. The average Bonchev–Trinajstić information content (AvgIpc) is 3.58. The predicted molar refractivity (Wildman–Crippen MR) is 142 cm³/mol. The molecule has 3 heterocycles. The van der Waals surface area contributed by atoms with E-state index in [2.05, 4.69) is 22.9 Å². The van der Waals surface area contributed by atoms with Crippen molar-refractivity contribution in [2.24, 2.45) is 7.05 Å². The molecular formula is C29H28N2O4S. The maximum absolute atomic E-state index is 13.3. The number of aliphatic hydroxyl groups is 1. The molecule has 1 aliphatic heterocycles. The molecule has 0 saturated carbocycles. The lowest BCUT2D eigenvalue weighted by Gasteiger charge is -2.24. The predicted octanol–water partition coefficient (Wildman–Crippen LogP) is 5.61. The van der Waals surface area contributed by atoms with E-state index in [1.54, 1.807) is 23.1 Å². The molecule has 1 aliphatic rings. The van der Waals surface area contributed by atoms with Crippen LogP contribution in [-0.4, -0.2) is 39.4 Å². The number of hydrogen-bond acceptors (Lipinski definition) is 5. The molecule has 1 atom stereocenters. The van der Waals surface area contributed by atoms with Crippen LogP contribution in [0.15, 0.2) is 71.7 Å². The maximum Gasteiger partial charge on any atom is 0.295 e. The van der Waals surface area contributed by atoms with E-state index in [4.69, 9.17) is 4.74 Å². The maximum atomic E-state index is 13.3. The second-order valence-electron chi connectivity index (χ2n) is 8.95. The third-order valence-corrected chi connectivity index (χ3v) is 7.63. The molecular weight excluding hydrogens is 472 g/mol. The number of Topliss-reactive ketones (excluding diaryl/α,β-unsaturated/α-hetero) is 1. The number of carbonyl (C=O) groups excluding carboxylic acids is 2. The van der Waals surface area contributed by atoms with Crippen LogP contribution < -0.4 is 4.74 Å². The van der Waals surface area contributed by atoms with Gasteiger partial charge >= 0.3 is 0 Å². The zero-order chi connectivity index (χ0) is 25.4. The standard InChI is InChI=1S/C29H28N2O4S/c1-4-35-23-12-11-19(16-18(23)2)27(32)25-26(24-10-7-15-36-24)31(29(34)28(25)33)14-13-20-17-30(3)22-9-6-5-8-21(20)22/h5-12,15-17,26,32H,4,13-14H2,1-3H3/b27-25-. The fourth-order valence-corrected chi connectivity index (χ4v) is 5.83. The van der Waals surface area contributed by atoms with Crippen molar-refractivity contribution in [1.29, 1.82) is 0 Å². The van der Waals surface area contributed by atoms with Crippen molar-refractivity contribution in [2.75, 3.05) is 13.2 Å². The first kappa shape index (κ1) is 23.9. The molecule has 1 saturated heterocycles. The number of aromatic nitrogens is 1. The molecule has 4 aromatic rings. The molecule has 5 rings (SSSR count). The van der Waals surface area contributed by atoms with Crippen LogP contribution in [0.2, 0.25) is 0 Å². The van der Waals surface area contributed by atoms with Gasteiger partial charge in [-0.2, -0.15) is 0 Å². The molecule has 0 spiro atoms. The summed E-state index contributed by atoms with van der Waals surface area (Å²) >= 11 is 1.47. The lowest BCUT2D eigenvalue weighted by molar-refractivity contribution is -0.139. The number of para-hydroxylation sites is 1. The first-order chi connectivity index (χ1) is 17.4. The molecule has 7 heteroatoms. The second kappa shape index (κ2) is 9.66. The van der Waals surface area contributed by atoms with Gasteiger partial charge in [0.05, 0.1) is 18.2 Å². The highest BCUT2D eigenvalue weighted by molar-refractivity contribution is 7.10. The van der Waals surface area contributed by atoms with E-state index in [0.29, 0.717) is 25.1 Å². The van der Waals surface area contributed by atoms with E-state index in [0.717, 1.165) is 32.7 Å². The summed E-state index contributed by atoms with van der Waals surface area (Å²) in [5.74, 6) is -0.682. The number of hydrogen-bond donors (Lipinski definition) is 1. The number of benzene rings is 2. The molecule has 1 fully saturated rings. The van der Waals surface area contributed by atoms with Crippen molar-refractivity contribution in [3.8, 4) is 5.75 Å². The minimum atomic E-state index is -0.657. The number of fused-ring (bicyclic) bond motifs is 1. The van der Waals surface area contributed by atoms with E-state index in [-0.39, 0.29) is 11.3 Å². The Morgan fingerprint density at radius 2 is 1.92 bits per heavy atom. The molecule has 184 valence electrons. The van der Waals surface area contributed by atoms with Gasteiger partial charge in [0.15, 0.2) is 0 Å². The van der Waals surface area contributed by atoms with Gasteiger partial charge in [-0.05, 0) is 67.1 Å². The van der Waals surface area contributed by atoms with E-state index in [1.807, 2.05) is 50.5 Å². The first-order valence-corrected chi connectivity index (χ1v) is 12.9. The van der Waals surface area contributed by atoms with Crippen molar-refractivity contribution in [1.82, 2.24) is 9.47 Å². The Kier molecular flexibility index (Phi) is 6.41. The van der Waals surface area contributed by atoms with Gasteiger partial charge in [0.2, 0.25) is 0 Å². The smallest absolute Gasteiger partial charge is 0.295 e. The number of rotatable bonds is 7. The van der Waals surface area contributed by atoms with Crippen LogP contribution in [0.1, 0.15) is 34.5 Å². The van der Waals surface area contributed by atoms with Crippen LogP contribution in [-0.2, 0) is 23.1 Å². The summed E-state index contributed by atoms with van der Waals surface area (Å²) in [5, 5.41) is 14.4. The number of amides is 1. The molecule has 0 radical (unpaired) electrons. The van der Waals surface area contributed by atoms with Gasteiger partial charge in [-0.1, -0.05) is 24.3 Å². The van der Waals surface area contributed by atoms with E-state index >= 15 is 0 Å². The molecule has 0 aliphatic carbocycles. The minimum Gasteiger partial charge on any atom is -0.507 e. The van der Waals surface area contributed by atoms with Gasteiger partial charge in [-0.3, -0.25) is 9.59 Å². The quantitative estimate of drug-likeness (QED) is 0.203. The highest BCUT2D eigenvalue weighted by Gasteiger charge is 2.46. The van der Waals surface area contributed by atoms with Gasteiger partial charge in [-0.15, -0.1) is 11.3 Å². The Labute approximate surface area is 214 Å². The summed E-state index contributed by atoms with van der Waals surface area (Å²) in [5.41, 5.74) is 3.70. The van der Waals surface area contributed by atoms with Crippen molar-refractivity contribution in [3.05, 3.63) is 93.3 Å². The highest BCUT2D eigenvalue weighted by Crippen LogP contribution is 2.41. The van der Waals surface area contributed by atoms with Crippen molar-refractivity contribution in [3.63, 3.8) is 0 Å². The summed E-state index contributed by atoms with van der Waals surface area (Å²) in [6, 6.07) is 16.6. The average molecular weight is 501 g/mol. The topological polar surface area (TPSA) is 71.8 Å². The van der Waals surface area contributed by atoms with Crippen LogP contribution in [0.3, 0.4) is 0 Å².